The number of benzene rings is 1. The van der Waals surface area contributed by atoms with Gasteiger partial charge in [0.05, 0.1) is 11.2 Å². The summed E-state index contributed by atoms with van der Waals surface area (Å²) in [7, 11) is 0. The standard InChI is InChI=1S/C12H11BrN2OS/c1-8-11(17-7-14-8)12(16)15-10-4-2-3-9(5-10)6-13/h2-5,7H,6H2,1H3,(H,15,16). The molecule has 0 saturated carbocycles. The number of amides is 1. The number of hydrogen-bond donors (Lipinski definition) is 1. The molecule has 0 aliphatic carbocycles. The van der Waals surface area contributed by atoms with Gasteiger partial charge in [-0.05, 0) is 24.6 Å². The number of aryl methyl sites for hydroxylation is 1. The van der Waals surface area contributed by atoms with Crippen LogP contribution in [0.2, 0.25) is 0 Å². The van der Waals surface area contributed by atoms with Crippen molar-refractivity contribution in [3.05, 3.63) is 45.9 Å². The number of anilines is 1. The Morgan fingerprint density at radius 3 is 3.00 bits per heavy atom. The minimum Gasteiger partial charge on any atom is -0.321 e. The van der Waals surface area contributed by atoms with Crippen LogP contribution in [0.5, 0.6) is 0 Å². The van der Waals surface area contributed by atoms with Gasteiger partial charge in [0.15, 0.2) is 0 Å². The lowest BCUT2D eigenvalue weighted by Gasteiger charge is -2.05. The van der Waals surface area contributed by atoms with Crippen LogP contribution in [-0.2, 0) is 5.33 Å². The molecule has 0 aliphatic rings. The van der Waals surface area contributed by atoms with E-state index >= 15 is 0 Å². The van der Waals surface area contributed by atoms with E-state index in [1.807, 2.05) is 31.2 Å². The Labute approximate surface area is 112 Å². The predicted octanol–water partition coefficient (Wildman–Crippen LogP) is 3.60. The third-order valence-corrected chi connectivity index (χ3v) is 3.87. The summed E-state index contributed by atoms with van der Waals surface area (Å²) in [6, 6.07) is 7.75. The van der Waals surface area contributed by atoms with Gasteiger partial charge in [-0.15, -0.1) is 11.3 Å². The molecule has 2 rings (SSSR count). The molecule has 2 aromatic rings. The minimum absolute atomic E-state index is 0.100. The molecular weight excluding hydrogens is 300 g/mol. The molecule has 0 atom stereocenters. The largest absolute Gasteiger partial charge is 0.321 e. The molecule has 88 valence electrons. The van der Waals surface area contributed by atoms with Crippen LogP contribution in [0, 0.1) is 6.92 Å². The fourth-order valence-corrected chi connectivity index (χ4v) is 2.49. The van der Waals surface area contributed by atoms with Crippen molar-refractivity contribution in [1.29, 1.82) is 0 Å². The van der Waals surface area contributed by atoms with Crippen molar-refractivity contribution in [2.45, 2.75) is 12.3 Å². The molecule has 0 spiro atoms. The third kappa shape index (κ3) is 2.92. The molecular formula is C12H11BrN2OS. The molecule has 1 N–H and O–H groups in total. The molecule has 17 heavy (non-hydrogen) atoms. The van der Waals surface area contributed by atoms with E-state index in [0.717, 1.165) is 22.3 Å². The van der Waals surface area contributed by atoms with Crippen molar-refractivity contribution in [1.82, 2.24) is 4.98 Å². The van der Waals surface area contributed by atoms with Gasteiger partial charge in [0.1, 0.15) is 4.88 Å². The topological polar surface area (TPSA) is 42.0 Å². The van der Waals surface area contributed by atoms with E-state index < -0.39 is 0 Å². The zero-order chi connectivity index (χ0) is 12.3. The first-order chi connectivity index (χ1) is 8.20. The normalized spacial score (nSPS) is 10.2. The molecule has 0 unspecified atom stereocenters. The molecule has 0 bridgehead atoms. The van der Waals surface area contributed by atoms with Gasteiger partial charge in [-0.3, -0.25) is 4.79 Å². The second-order valence-electron chi connectivity index (χ2n) is 3.56. The number of alkyl halides is 1. The van der Waals surface area contributed by atoms with Gasteiger partial charge in [-0.2, -0.15) is 0 Å². The average molecular weight is 311 g/mol. The number of carbonyl (C=O) groups is 1. The van der Waals surface area contributed by atoms with E-state index in [2.05, 4.69) is 26.2 Å². The maximum Gasteiger partial charge on any atom is 0.267 e. The summed E-state index contributed by atoms with van der Waals surface area (Å²) in [5.41, 5.74) is 4.38. The number of carbonyl (C=O) groups excluding carboxylic acids is 1. The lowest BCUT2D eigenvalue weighted by Crippen LogP contribution is -2.11. The Bertz CT molecular complexity index is 539. The maximum atomic E-state index is 11.9. The van der Waals surface area contributed by atoms with Crippen LogP contribution in [0.1, 0.15) is 20.9 Å². The van der Waals surface area contributed by atoms with Crippen LogP contribution in [0.4, 0.5) is 5.69 Å². The summed E-state index contributed by atoms with van der Waals surface area (Å²) in [5.74, 6) is -0.100. The highest BCUT2D eigenvalue weighted by molar-refractivity contribution is 9.08. The van der Waals surface area contributed by atoms with E-state index in [0.29, 0.717) is 4.88 Å². The second kappa shape index (κ2) is 5.42. The second-order valence-corrected chi connectivity index (χ2v) is 4.97. The lowest BCUT2D eigenvalue weighted by atomic mass is 10.2. The number of nitrogens with zero attached hydrogens (tertiary/aromatic N) is 1. The molecule has 0 radical (unpaired) electrons. The van der Waals surface area contributed by atoms with Crippen molar-refractivity contribution >= 4 is 38.9 Å². The summed E-state index contributed by atoms with van der Waals surface area (Å²) in [4.78, 5) is 16.7. The number of thiazole rings is 1. The van der Waals surface area contributed by atoms with Gasteiger partial charge in [0.2, 0.25) is 0 Å². The fourth-order valence-electron chi connectivity index (χ4n) is 1.44. The predicted molar refractivity (Wildman–Crippen MR) is 73.9 cm³/mol. The van der Waals surface area contributed by atoms with Crippen LogP contribution in [-0.4, -0.2) is 10.9 Å². The summed E-state index contributed by atoms with van der Waals surface area (Å²) < 4.78 is 0. The Hall–Kier alpha value is -1.20. The van der Waals surface area contributed by atoms with Gasteiger partial charge in [-0.25, -0.2) is 4.98 Å². The first kappa shape index (κ1) is 12.3. The van der Waals surface area contributed by atoms with Crippen LogP contribution in [0.15, 0.2) is 29.8 Å². The monoisotopic (exact) mass is 310 g/mol. The molecule has 0 saturated heterocycles. The van der Waals surface area contributed by atoms with E-state index in [-0.39, 0.29) is 5.91 Å². The molecule has 1 aromatic heterocycles. The van der Waals surface area contributed by atoms with Crippen LogP contribution >= 0.6 is 27.3 Å². The SMILES string of the molecule is Cc1ncsc1C(=O)Nc1cccc(CBr)c1. The average Bonchev–Trinajstić information content (AvgIpc) is 2.76. The number of aromatic nitrogens is 1. The highest BCUT2D eigenvalue weighted by Gasteiger charge is 2.11. The molecule has 1 amide bonds. The van der Waals surface area contributed by atoms with Gasteiger partial charge >= 0.3 is 0 Å². The summed E-state index contributed by atoms with van der Waals surface area (Å²) in [6.45, 7) is 1.83. The van der Waals surface area contributed by atoms with E-state index in [1.54, 1.807) is 5.51 Å². The first-order valence-electron chi connectivity index (χ1n) is 5.07. The van der Waals surface area contributed by atoms with Crippen molar-refractivity contribution in [2.75, 3.05) is 5.32 Å². The molecule has 5 heteroatoms. The molecule has 1 heterocycles. The quantitative estimate of drug-likeness (QED) is 0.880. The summed E-state index contributed by atoms with van der Waals surface area (Å²) in [5, 5.41) is 3.64. The Morgan fingerprint density at radius 1 is 1.53 bits per heavy atom. The smallest absolute Gasteiger partial charge is 0.267 e. The number of halogens is 1. The maximum absolute atomic E-state index is 11.9. The Kier molecular flexibility index (Phi) is 3.91. The van der Waals surface area contributed by atoms with E-state index in [9.17, 15) is 4.79 Å². The van der Waals surface area contributed by atoms with Crippen molar-refractivity contribution in [2.24, 2.45) is 0 Å². The zero-order valence-corrected chi connectivity index (χ0v) is 11.6. The van der Waals surface area contributed by atoms with Crippen molar-refractivity contribution in [3.63, 3.8) is 0 Å². The van der Waals surface area contributed by atoms with Crippen molar-refractivity contribution in [3.8, 4) is 0 Å². The van der Waals surface area contributed by atoms with Crippen LogP contribution < -0.4 is 5.32 Å². The lowest BCUT2D eigenvalue weighted by molar-refractivity contribution is 0.103. The van der Waals surface area contributed by atoms with E-state index in [4.69, 9.17) is 0 Å². The molecule has 0 aliphatic heterocycles. The first-order valence-corrected chi connectivity index (χ1v) is 7.07. The van der Waals surface area contributed by atoms with Crippen molar-refractivity contribution < 1.29 is 4.79 Å². The summed E-state index contributed by atoms with van der Waals surface area (Å²) >= 11 is 4.74. The minimum atomic E-state index is -0.100. The van der Waals surface area contributed by atoms with Gasteiger partial charge in [0, 0.05) is 11.0 Å². The van der Waals surface area contributed by atoms with Gasteiger partial charge < -0.3 is 5.32 Å². The highest BCUT2D eigenvalue weighted by Crippen LogP contribution is 2.17. The number of hydrogen-bond acceptors (Lipinski definition) is 3. The molecule has 1 aromatic carbocycles. The van der Waals surface area contributed by atoms with Crippen LogP contribution in [0.25, 0.3) is 0 Å². The number of rotatable bonds is 3. The third-order valence-electron chi connectivity index (χ3n) is 2.29. The Morgan fingerprint density at radius 2 is 2.35 bits per heavy atom. The van der Waals surface area contributed by atoms with E-state index in [1.165, 1.54) is 11.3 Å². The van der Waals surface area contributed by atoms with Gasteiger partial charge in [0.25, 0.3) is 5.91 Å². The highest BCUT2D eigenvalue weighted by atomic mass is 79.9. The van der Waals surface area contributed by atoms with Crippen LogP contribution in [0.3, 0.4) is 0 Å². The molecule has 0 fully saturated rings. The molecule has 3 nitrogen and oxygen atoms in total. The zero-order valence-electron chi connectivity index (χ0n) is 9.24. The fraction of sp³-hybridized carbons (Fsp3) is 0.167. The van der Waals surface area contributed by atoms with Gasteiger partial charge in [-0.1, -0.05) is 28.1 Å². The Balaban J connectivity index is 2.16. The number of nitrogens with one attached hydrogen (secondary N) is 1. The summed E-state index contributed by atoms with van der Waals surface area (Å²) in [6.07, 6.45) is 0.